The highest BCUT2D eigenvalue weighted by atomic mass is 16.5. The number of nitriles is 1. The molecule has 1 fully saturated rings. The molecule has 1 aromatic carbocycles. The largest absolute Gasteiger partial charge is 0.380 e. The Kier molecular flexibility index (Phi) is 5.75. The maximum atomic E-state index is 9.88. The first-order valence-electron chi connectivity index (χ1n) is 7.71. The van der Waals surface area contributed by atoms with Crippen molar-refractivity contribution in [3.63, 3.8) is 0 Å². The predicted octanol–water partition coefficient (Wildman–Crippen LogP) is 2.13. The highest BCUT2D eigenvalue weighted by Crippen LogP contribution is 2.24. The molecule has 0 saturated carbocycles. The molecule has 1 aromatic rings. The number of nitrogens with one attached hydrogen (secondary N) is 1. The van der Waals surface area contributed by atoms with Gasteiger partial charge in [0.15, 0.2) is 0 Å². The molecule has 2 atom stereocenters. The summed E-state index contributed by atoms with van der Waals surface area (Å²) in [5.41, 5.74) is 0.376. The summed E-state index contributed by atoms with van der Waals surface area (Å²) in [5.74, 6) is 0. The van der Waals surface area contributed by atoms with Crippen LogP contribution in [-0.4, -0.2) is 44.3 Å². The van der Waals surface area contributed by atoms with Gasteiger partial charge in [0.25, 0.3) is 0 Å². The summed E-state index contributed by atoms with van der Waals surface area (Å²) in [5, 5.41) is 13.3. The Morgan fingerprint density at radius 2 is 2.19 bits per heavy atom. The third-order valence-electron chi connectivity index (χ3n) is 4.15. The molecule has 21 heavy (non-hydrogen) atoms. The summed E-state index contributed by atoms with van der Waals surface area (Å²) < 4.78 is 5.47. The minimum absolute atomic E-state index is 0.407. The van der Waals surface area contributed by atoms with Gasteiger partial charge in [0, 0.05) is 19.2 Å². The lowest BCUT2D eigenvalue weighted by atomic mass is 9.90. The third kappa shape index (κ3) is 3.82. The van der Waals surface area contributed by atoms with Crippen molar-refractivity contribution in [3.05, 3.63) is 35.9 Å². The first kappa shape index (κ1) is 16.0. The van der Waals surface area contributed by atoms with E-state index >= 15 is 0 Å². The van der Waals surface area contributed by atoms with Crippen LogP contribution in [0.5, 0.6) is 0 Å². The predicted molar refractivity (Wildman–Crippen MR) is 83.9 cm³/mol. The molecular weight excluding hydrogens is 262 g/mol. The maximum absolute atomic E-state index is 9.88. The molecule has 1 N–H and O–H groups in total. The Morgan fingerprint density at radius 1 is 1.43 bits per heavy atom. The van der Waals surface area contributed by atoms with Crippen molar-refractivity contribution in [2.45, 2.75) is 31.3 Å². The van der Waals surface area contributed by atoms with E-state index in [0.29, 0.717) is 12.6 Å². The number of likely N-dealkylation sites (N-methyl/N-ethyl adjacent to an activating group) is 1. The van der Waals surface area contributed by atoms with Crippen LogP contribution in [0.4, 0.5) is 0 Å². The molecule has 1 saturated heterocycles. The molecule has 2 unspecified atom stereocenters. The molecule has 0 radical (unpaired) electrons. The van der Waals surface area contributed by atoms with Crippen LogP contribution in [0.15, 0.2) is 30.3 Å². The highest BCUT2D eigenvalue weighted by Gasteiger charge is 2.35. The number of hydrogen-bond donors (Lipinski definition) is 1. The molecule has 0 aliphatic carbocycles. The highest BCUT2D eigenvalue weighted by molar-refractivity contribution is 5.32. The van der Waals surface area contributed by atoms with Gasteiger partial charge in [-0.3, -0.25) is 10.2 Å². The van der Waals surface area contributed by atoms with Crippen LogP contribution in [-0.2, 0) is 10.3 Å². The van der Waals surface area contributed by atoms with Crippen molar-refractivity contribution in [1.29, 1.82) is 5.26 Å². The zero-order chi connectivity index (χ0) is 15.1. The normalized spacial score (nSPS) is 21.1. The van der Waals surface area contributed by atoms with Gasteiger partial charge in [0.05, 0.1) is 12.7 Å². The average Bonchev–Trinajstić information content (AvgIpc) is 3.07. The quantitative estimate of drug-likeness (QED) is 0.834. The SMILES string of the molecule is CCCNC(C#N)(CN(C)C1CCOC1)c1ccccc1. The van der Waals surface area contributed by atoms with E-state index in [1.54, 1.807) is 0 Å². The lowest BCUT2D eigenvalue weighted by Gasteiger charge is -2.35. The molecule has 4 nitrogen and oxygen atoms in total. The van der Waals surface area contributed by atoms with Gasteiger partial charge in [0.1, 0.15) is 5.54 Å². The summed E-state index contributed by atoms with van der Waals surface area (Å²) in [6.45, 7) is 5.20. The molecule has 114 valence electrons. The van der Waals surface area contributed by atoms with E-state index in [1.807, 2.05) is 30.3 Å². The summed E-state index contributed by atoms with van der Waals surface area (Å²) in [6, 6.07) is 13.0. The Balaban J connectivity index is 2.20. The second-order valence-electron chi connectivity index (χ2n) is 5.74. The minimum Gasteiger partial charge on any atom is -0.380 e. The first-order chi connectivity index (χ1) is 10.2. The van der Waals surface area contributed by atoms with Crippen molar-refractivity contribution >= 4 is 0 Å². The molecular formula is C17H25N3O. The molecule has 0 spiro atoms. The van der Waals surface area contributed by atoms with Crippen LogP contribution in [0.3, 0.4) is 0 Å². The lowest BCUT2D eigenvalue weighted by Crippen LogP contribution is -2.51. The fourth-order valence-corrected chi connectivity index (χ4v) is 2.82. The fraction of sp³-hybridized carbons (Fsp3) is 0.588. The summed E-state index contributed by atoms with van der Waals surface area (Å²) in [6.07, 6.45) is 2.05. The topological polar surface area (TPSA) is 48.3 Å². The molecule has 1 aliphatic heterocycles. The smallest absolute Gasteiger partial charge is 0.145 e. The van der Waals surface area contributed by atoms with Gasteiger partial charge in [-0.05, 0) is 32.0 Å². The Morgan fingerprint density at radius 3 is 2.76 bits per heavy atom. The summed E-state index contributed by atoms with van der Waals surface area (Å²) in [7, 11) is 2.09. The number of hydrogen-bond acceptors (Lipinski definition) is 4. The van der Waals surface area contributed by atoms with Crippen molar-refractivity contribution in [2.24, 2.45) is 0 Å². The van der Waals surface area contributed by atoms with Crippen molar-refractivity contribution < 1.29 is 4.74 Å². The van der Waals surface area contributed by atoms with Crippen molar-refractivity contribution in [3.8, 4) is 6.07 Å². The second kappa shape index (κ2) is 7.56. The fourth-order valence-electron chi connectivity index (χ4n) is 2.82. The van der Waals surface area contributed by atoms with E-state index in [0.717, 1.165) is 38.2 Å². The van der Waals surface area contributed by atoms with E-state index in [-0.39, 0.29) is 0 Å². The van der Waals surface area contributed by atoms with Gasteiger partial charge in [0.2, 0.25) is 0 Å². The van der Waals surface area contributed by atoms with E-state index in [4.69, 9.17) is 4.74 Å². The van der Waals surface area contributed by atoms with Crippen LogP contribution < -0.4 is 5.32 Å². The Hall–Kier alpha value is -1.41. The Labute approximate surface area is 127 Å². The van der Waals surface area contributed by atoms with Gasteiger partial charge in [-0.1, -0.05) is 37.3 Å². The maximum Gasteiger partial charge on any atom is 0.145 e. The Bertz CT molecular complexity index is 465. The molecule has 0 bridgehead atoms. The third-order valence-corrected chi connectivity index (χ3v) is 4.15. The van der Waals surface area contributed by atoms with E-state index in [1.165, 1.54) is 0 Å². The molecule has 1 aliphatic rings. The number of rotatable bonds is 7. The standard InChI is InChI=1S/C17H25N3O/c1-3-10-19-17(13-18,15-7-5-4-6-8-15)14-20(2)16-9-11-21-12-16/h4-8,16,19H,3,9-12,14H2,1-2H3. The van der Waals surface area contributed by atoms with Crippen LogP contribution in [0.2, 0.25) is 0 Å². The minimum atomic E-state index is -0.658. The van der Waals surface area contributed by atoms with Gasteiger partial charge in [-0.2, -0.15) is 5.26 Å². The van der Waals surface area contributed by atoms with E-state index < -0.39 is 5.54 Å². The summed E-state index contributed by atoms with van der Waals surface area (Å²) in [4.78, 5) is 2.26. The van der Waals surface area contributed by atoms with Crippen LogP contribution in [0.25, 0.3) is 0 Å². The zero-order valence-corrected chi connectivity index (χ0v) is 13.0. The average molecular weight is 287 g/mol. The number of nitrogens with zero attached hydrogens (tertiary/aromatic N) is 2. The van der Waals surface area contributed by atoms with E-state index in [9.17, 15) is 5.26 Å². The molecule has 2 rings (SSSR count). The second-order valence-corrected chi connectivity index (χ2v) is 5.74. The van der Waals surface area contributed by atoms with Gasteiger partial charge in [-0.25, -0.2) is 0 Å². The molecule has 1 heterocycles. The van der Waals surface area contributed by atoms with Gasteiger partial charge < -0.3 is 4.74 Å². The van der Waals surface area contributed by atoms with E-state index in [2.05, 4.69) is 30.3 Å². The van der Waals surface area contributed by atoms with Crippen LogP contribution >= 0.6 is 0 Å². The first-order valence-corrected chi connectivity index (χ1v) is 7.71. The monoisotopic (exact) mass is 287 g/mol. The molecule has 4 heteroatoms. The van der Waals surface area contributed by atoms with Crippen LogP contribution in [0.1, 0.15) is 25.3 Å². The zero-order valence-electron chi connectivity index (χ0n) is 13.0. The molecule has 0 aromatic heterocycles. The lowest BCUT2D eigenvalue weighted by molar-refractivity contribution is 0.144. The van der Waals surface area contributed by atoms with Gasteiger partial charge in [-0.15, -0.1) is 0 Å². The molecule has 0 amide bonds. The van der Waals surface area contributed by atoms with Crippen molar-refractivity contribution in [1.82, 2.24) is 10.2 Å². The van der Waals surface area contributed by atoms with Crippen LogP contribution in [0, 0.1) is 11.3 Å². The van der Waals surface area contributed by atoms with Gasteiger partial charge >= 0.3 is 0 Å². The summed E-state index contributed by atoms with van der Waals surface area (Å²) >= 11 is 0. The van der Waals surface area contributed by atoms with Crippen molar-refractivity contribution in [2.75, 3.05) is 33.4 Å². The number of ether oxygens (including phenoxy) is 1. The number of benzene rings is 1.